The van der Waals surface area contributed by atoms with Crippen LogP contribution in [0.25, 0.3) is 0 Å². The third kappa shape index (κ3) is 3.17. The second-order valence-electron chi connectivity index (χ2n) is 5.31. The Morgan fingerprint density at radius 2 is 1.80 bits per heavy atom. The Hall–Kier alpha value is -1.45. The third-order valence-electron chi connectivity index (χ3n) is 3.39. The smallest absolute Gasteiger partial charge is 0.141 e. The molecule has 1 atom stereocenters. The molecule has 0 aliphatic rings. The van der Waals surface area contributed by atoms with Gasteiger partial charge in [0.1, 0.15) is 11.6 Å². The molecule has 20 heavy (non-hydrogen) atoms. The second-order valence-corrected chi connectivity index (χ2v) is 5.71. The monoisotopic (exact) mass is 295 g/mol. The van der Waals surface area contributed by atoms with E-state index in [2.05, 4.69) is 0 Å². The number of hydrogen-bond donors (Lipinski definition) is 1. The predicted molar refractivity (Wildman–Crippen MR) is 77.8 cm³/mol. The molecule has 0 aromatic heterocycles. The van der Waals surface area contributed by atoms with Crippen molar-refractivity contribution in [3.8, 4) is 0 Å². The van der Waals surface area contributed by atoms with Crippen LogP contribution >= 0.6 is 11.6 Å². The van der Waals surface area contributed by atoms with Crippen LogP contribution in [0, 0.1) is 18.6 Å². The second kappa shape index (κ2) is 5.51. The van der Waals surface area contributed by atoms with E-state index < -0.39 is 11.4 Å². The Kier molecular flexibility index (Phi) is 4.11. The molecule has 0 spiro atoms. The topological polar surface area (TPSA) is 26.0 Å². The van der Waals surface area contributed by atoms with Crippen molar-refractivity contribution >= 4 is 11.6 Å². The van der Waals surface area contributed by atoms with Crippen molar-refractivity contribution in [1.82, 2.24) is 0 Å². The van der Waals surface area contributed by atoms with E-state index in [4.69, 9.17) is 17.3 Å². The first-order valence-corrected chi connectivity index (χ1v) is 6.67. The summed E-state index contributed by atoms with van der Waals surface area (Å²) in [5, 5.41) is 0.0633. The molecule has 0 amide bonds. The van der Waals surface area contributed by atoms with Gasteiger partial charge in [-0.1, -0.05) is 29.8 Å². The van der Waals surface area contributed by atoms with Crippen LogP contribution in [0.4, 0.5) is 8.78 Å². The first kappa shape index (κ1) is 14.9. The van der Waals surface area contributed by atoms with Gasteiger partial charge in [-0.15, -0.1) is 0 Å². The lowest BCUT2D eigenvalue weighted by Gasteiger charge is -2.26. The summed E-state index contributed by atoms with van der Waals surface area (Å²) >= 11 is 5.76. The molecule has 1 nitrogen and oxygen atoms in total. The van der Waals surface area contributed by atoms with Gasteiger partial charge in [-0.25, -0.2) is 8.78 Å². The zero-order valence-corrected chi connectivity index (χ0v) is 12.1. The van der Waals surface area contributed by atoms with Gasteiger partial charge in [0.25, 0.3) is 0 Å². The third-order valence-corrected chi connectivity index (χ3v) is 3.68. The average molecular weight is 296 g/mol. The molecule has 2 aromatic rings. The van der Waals surface area contributed by atoms with E-state index in [9.17, 15) is 8.78 Å². The van der Waals surface area contributed by atoms with Crippen LogP contribution in [0.2, 0.25) is 5.02 Å². The van der Waals surface area contributed by atoms with E-state index in [0.717, 1.165) is 5.56 Å². The highest BCUT2D eigenvalue weighted by atomic mass is 35.5. The number of hydrogen-bond acceptors (Lipinski definition) is 1. The molecule has 0 radical (unpaired) electrons. The molecule has 0 aliphatic heterocycles. The first-order chi connectivity index (χ1) is 9.29. The Morgan fingerprint density at radius 3 is 2.40 bits per heavy atom. The van der Waals surface area contributed by atoms with Crippen LogP contribution in [-0.2, 0) is 12.0 Å². The van der Waals surface area contributed by atoms with Gasteiger partial charge in [0.05, 0.1) is 5.02 Å². The molecule has 2 aromatic carbocycles. The summed E-state index contributed by atoms with van der Waals surface area (Å²) in [6.45, 7) is 3.51. The van der Waals surface area contributed by atoms with Crippen molar-refractivity contribution in [3.63, 3.8) is 0 Å². The number of nitrogens with two attached hydrogens (primary N) is 1. The summed E-state index contributed by atoms with van der Waals surface area (Å²) < 4.78 is 26.8. The maximum absolute atomic E-state index is 13.6. The Morgan fingerprint density at radius 1 is 1.10 bits per heavy atom. The minimum absolute atomic E-state index is 0.0633. The van der Waals surface area contributed by atoms with Gasteiger partial charge in [-0.3, -0.25) is 0 Å². The van der Waals surface area contributed by atoms with Gasteiger partial charge in [0.15, 0.2) is 0 Å². The van der Waals surface area contributed by atoms with Crippen molar-refractivity contribution in [2.24, 2.45) is 5.73 Å². The molecular formula is C16H16ClF2N. The van der Waals surface area contributed by atoms with Crippen LogP contribution in [0.1, 0.15) is 23.6 Å². The summed E-state index contributed by atoms with van der Waals surface area (Å²) in [5.41, 5.74) is 7.60. The van der Waals surface area contributed by atoms with Crippen molar-refractivity contribution in [3.05, 3.63) is 69.7 Å². The van der Waals surface area contributed by atoms with Gasteiger partial charge < -0.3 is 5.73 Å². The highest BCUT2D eigenvalue weighted by Gasteiger charge is 2.23. The van der Waals surface area contributed by atoms with E-state index >= 15 is 0 Å². The molecule has 0 saturated heterocycles. The van der Waals surface area contributed by atoms with Crippen molar-refractivity contribution in [2.75, 3.05) is 0 Å². The number of aryl methyl sites for hydroxylation is 1. The molecule has 1 unspecified atom stereocenters. The number of benzene rings is 2. The normalized spacial score (nSPS) is 14.1. The van der Waals surface area contributed by atoms with E-state index in [-0.39, 0.29) is 10.8 Å². The molecule has 0 fully saturated rings. The zero-order valence-electron chi connectivity index (χ0n) is 11.4. The van der Waals surface area contributed by atoms with E-state index in [1.807, 2.05) is 13.0 Å². The maximum Gasteiger partial charge on any atom is 0.141 e. The summed E-state index contributed by atoms with van der Waals surface area (Å²) in [6.07, 6.45) is 0.440. The fourth-order valence-electron chi connectivity index (χ4n) is 2.12. The molecule has 0 bridgehead atoms. The molecule has 4 heteroatoms. The van der Waals surface area contributed by atoms with E-state index in [0.29, 0.717) is 17.5 Å². The molecule has 0 heterocycles. The minimum atomic E-state index is -0.754. The van der Waals surface area contributed by atoms with Gasteiger partial charge in [0.2, 0.25) is 0 Å². The Labute approximate surface area is 122 Å². The average Bonchev–Trinajstić information content (AvgIpc) is 2.37. The maximum atomic E-state index is 13.6. The van der Waals surface area contributed by atoms with Crippen molar-refractivity contribution < 1.29 is 8.78 Å². The fourth-order valence-corrected chi connectivity index (χ4v) is 2.33. The van der Waals surface area contributed by atoms with Gasteiger partial charge in [-0.2, -0.15) is 0 Å². The lowest BCUT2D eigenvalue weighted by atomic mass is 9.86. The lowest BCUT2D eigenvalue weighted by molar-refractivity contribution is 0.485. The number of halogens is 3. The highest BCUT2D eigenvalue weighted by Crippen LogP contribution is 2.26. The van der Waals surface area contributed by atoms with Gasteiger partial charge in [-0.05, 0) is 55.2 Å². The summed E-state index contributed by atoms with van der Waals surface area (Å²) in [4.78, 5) is 0. The molecule has 2 rings (SSSR count). The van der Waals surface area contributed by atoms with E-state index in [1.54, 1.807) is 25.1 Å². The minimum Gasteiger partial charge on any atom is -0.321 e. The highest BCUT2D eigenvalue weighted by molar-refractivity contribution is 6.30. The summed E-state index contributed by atoms with van der Waals surface area (Å²) in [5.74, 6) is -0.744. The van der Waals surface area contributed by atoms with Crippen LogP contribution in [0.5, 0.6) is 0 Å². The van der Waals surface area contributed by atoms with Gasteiger partial charge >= 0.3 is 0 Å². The summed E-state index contributed by atoms with van der Waals surface area (Å²) in [6, 6.07) is 9.45. The Bertz CT molecular complexity index is 638. The van der Waals surface area contributed by atoms with Crippen LogP contribution in [0.3, 0.4) is 0 Å². The molecule has 2 N–H and O–H groups in total. The lowest BCUT2D eigenvalue weighted by Crippen LogP contribution is -2.35. The molecule has 0 aliphatic carbocycles. The van der Waals surface area contributed by atoms with Crippen molar-refractivity contribution in [1.29, 1.82) is 0 Å². The molecule has 0 saturated carbocycles. The van der Waals surface area contributed by atoms with Crippen LogP contribution < -0.4 is 5.73 Å². The number of rotatable bonds is 3. The quantitative estimate of drug-likeness (QED) is 0.895. The fraction of sp³-hybridized carbons (Fsp3) is 0.250. The zero-order chi connectivity index (χ0) is 14.9. The SMILES string of the molecule is Cc1ccc(C(C)(N)Cc2ccc(F)c(Cl)c2)cc1F. The first-order valence-electron chi connectivity index (χ1n) is 6.29. The van der Waals surface area contributed by atoms with Crippen molar-refractivity contribution in [2.45, 2.75) is 25.8 Å². The Balaban J connectivity index is 2.29. The molecule has 106 valence electrons. The largest absolute Gasteiger partial charge is 0.321 e. The summed E-state index contributed by atoms with van der Waals surface area (Å²) in [7, 11) is 0. The van der Waals surface area contributed by atoms with E-state index in [1.165, 1.54) is 12.1 Å². The predicted octanol–water partition coefficient (Wildman–Crippen LogP) is 4.34. The van der Waals surface area contributed by atoms with Crippen LogP contribution in [-0.4, -0.2) is 0 Å². The van der Waals surface area contributed by atoms with Gasteiger partial charge in [0, 0.05) is 5.54 Å². The van der Waals surface area contributed by atoms with Crippen LogP contribution in [0.15, 0.2) is 36.4 Å². The standard InChI is InChI=1S/C16H16ClF2N/c1-10-3-5-12(8-15(10)19)16(2,20)9-11-4-6-14(18)13(17)7-11/h3-8H,9,20H2,1-2H3. The molecular weight excluding hydrogens is 280 g/mol.